The monoisotopic (exact) mass is 293 g/mol. The predicted molar refractivity (Wildman–Crippen MR) is 79.6 cm³/mol. The molecule has 0 saturated carbocycles. The van der Waals surface area contributed by atoms with Crippen molar-refractivity contribution in [1.29, 1.82) is 0 Å². The van der Waals surface area contributed by atoms with E-state index in [1.807, 2.05) is 32.9 Å². The molecular formula is C16H23NO4. The molecule has 2 rings (SSSR count). The highest BCUT2D eigenvalue weighted by atomic mass is 16.5. The van der Waals surface area contributed by atoms with Crippen LogP contribution in [0, 0.1) is 20.8 Å². The van der Waals surface area contributed by atoms with Crippen LogP contribution in [0.5, 0.6) is 5.75 Å². The van der Waals surface area contributed by atoms with E-state index in [0.717, 1.165) is 22.4 Å². The molecular weight excluding hydrogens is 270 g/mol. The molecule has 1 aromatic rings. The third-order valence-corrected chi connectivity index (χ3v) is 3.97. The Bertz CT molecular complexity index is 515. The van der Waals surface area contributed by atoms with Gasteiger partial charge in [0.2, 0.25) is 0 Å². The van der Waals surface area contributed by atoms with Gasteiger partial charge in [0.1, 0.15) is 5.75 Å². The second kappa shape index (κ2) is 6.91. The fourth-order valence-electron chi connectivity index (χ4n) is 2.50. The summed E-state index contributed by atoms with van der Waals surface area (Å²) in [6, 6.07) is 3.77. The standard InChI is InChI=1S/C16H23NO4/c1-11-4-5-12(2)16(13(11)3)21-10-15(19)17-6-7-20-9-14(17)8-18/h4-5,14,18H,6-10H2,1-3H3. The van der Waals surface area contributed by atoms with Gasteiger partial charge in [-0.15, -0.1) is 0 Å². The lowest BCUT2D eigenvalue weighted by Gasteiger charge is -2.34. The number of nitrogens with zero attached hydrogens (tertiary/aromatic N) is 1. The topological polar surface area (TPSA) is 59.0 Å². The summed E-state index contributed by atoms with van der Waals surface area (Å²) >= 11 is 0. The van der Waals surface area contributed by atoms with Crippen LogP contribution in [0.1, 0.15) is 16.7 Å². The molecule has 0 aliphatic carbocycles. The van der Waals surface area contributed by atoms with Gasteiger partial charge >= 0.3 is 0 Å². The van der Waals surface area contributed by atoms with Gasteiger partial charge in [-0.3, -0.25) is 4.79 Å². The van der Waals surface area contributed by atoms with Crippen LogP contribution in [-0.4, -0.2) is 54.9 Å². The van der Waals surface area contributed by atoms with Crippen molar-refractivity contribution in [3.63, 3.8) is 0 Å². The zero-order valence-corrected chi connectivity index (χ0v) is 12.9. The fourth-order valence-corrected chi connectivity index (χ4v) is 2.50. The van der Waals surface area contributed by atoms with Gasteiger partial charge in [0.25, 0.3) is 5.91 Å². The Labute approximate surface area is 125 Å². The number of benzene rings is 1. The van der Waals surface area contributed by atoms with E-state index in [2.05, 4.69) is 0 Å². The lowest BCUT2D eigenvalue weighted by atomic mass is 10.1. The van der Waals surface area contributed by atoms with Gasteiger partial charge in [-0.05, 0) is 37.5 Å². The van der Waals surface area contributed by atoms with Crippen LogP contribution in [0.3, 0.4) is 0 Å². The van der Waals surface area contributed by atoms with Crippen molar-refractivity contribution in [2.45, 2.75) is 26.8 Å². The van der Waals surface area contributed by atoms with Crippen LogP contribution < -0.4 is 4.74 Å². The van der Waals surface area contributed by atoms with Gasteiger partial charge in [0, 0.05) is 6.54 Å². The summed E-state index contributed by atoms with van der Waals surface area (Å²) in [6.07, 6.45) is 0. The molecule has 1 aliphatic heterocycles. The first-order chi connectivity index (χ1) is 10.0. The van der Waals surface area contributed by atoms with Crippen LogP contribution in [0.2, 0.25) is 0 Å². The summed E-state index contributed by atoms with van der Waals surface area (Å²) < 4.78 is 11.0. The molecule has 5 heteroatoms. The number of hydrogen-bond acceptors (Lipinski definition) is 4. The number of carbonyl (C=O) groups excluding carboxylic acids is 1. The van der Waals surface area contributed by atoms with Crippen molar-refractivity contribution >= 4 is 5.91 Å². The molecule has 1 fully saturated rings. The maximum atomic E-state index is 12.3. The lowest BCUT2D eigenvalue weighted by Crippen LogP contribution is -2.51. The highest BCUT2D eigenvalue weighted by Crippen LogP contribution is 2.25. The highest BCUT2D eigenvalue weighted by molar-refractivity contribution is 5.78. The van der Waals surface area contributed by atoms with Crippen molar-refractivity contribution < 1.29 is 19.4 Å². The molecule has 0 bridgehead atoms. The minimum Gasteiger partial charge on any atom is -0.483 e. The van der Waals surface area contributed by atoms with Crippen molar-refractivity contribution in [3.05, 3.63) is 28.8 Å². The van der Waals surface area contributed by atoms with E-state index >= 15 is 0 Å². The average molecular weight is 293 g/mol. The molecule has 1 aromatic carbocycles. The number of amides is 1. The van der Waals surface area contributed by atoms with E-state index in [1.165, 1.54) is 0 Å². The molecule has 1 N–H and O–H groups in total. The van der Waals surface area contributed by atoms with Crippen LogP contribution in [0.15, 0.2) is 12.1 Å². The van der Waals surface area contributed by atoms with Crippen LogP contribution in [-0.2, 0) is 9.53 Å². The van der Waals surface area contributed by atoms with Crippen LogP contribution in [0.25, 0.3) is 0 Å². The number of aliphatic hydroxyl groups is 1. The molecule has 1 atom stereocenters. The quantitative estimate of drug-likeness (QED) is 0.906. The third kappa shape index (κ3) is 3.54. The summed E-state index contributed by atoms with van der Waals surface area (Å²) in [7, 11) is 0. The predicted octanol–water partition coefficient (Wildman–Crippen LogP) is 1.21. The number of rotatable bonds is 4. The van der Waals surface area contributed by atoms with Gasteiger partial charge in [-0.2, -0.15) is 0 Å². The maximum Gasteiger partial charge on any atom is 0.260 e. The summed E-state index contributed by atoms with van der Waals surface area (Å²) in [5.74, 6) is 0.662. The van der Waals surface area contributed by atoms with E-state index in [9.17, 15) is 9.90 Å². The lowest BCUT2D eigenvalue weighted by molar-refractivity contribution is -0.143. The first-order valence-electron chi connectivity index (χ1n) is 7.22. The Morgan fingerprint density at radius 2 is 2.10 bits per heavy atom. The molecule has 21 heavy (non-hydrogen) atoms. The van der Waals surface area contributed by atoms with Crippen molar-refractivity contribution in [2.24, 2.45) is 0 Å². The zero-order valence-electron chi connectivity index (χ0n) is 12.9. The molecule has 1 saturated heterocycles. The largest absolute Gasteiger partial charge is 0.483 e. The second-order valence-corrected chi connectivity index (χ2v) is 5.44. The summed E-state index contributed by atoms with van der Waals surface area (Å²) in [4.78, 5) is 13.9. The number of hydrogen-bond donors (Lipinski definition) is 1. The van der Waals surface area contributed by atoms with Gasteiger partial charge < -0.3 is 19.5 Å². The van der Waals surface area contributed by atoms with E-state index in [0.29, 0.717) is 19.8 Å². The van der Waals surface area contributed by atoms with E-state index in [-0.39, 0.29) is 25.2 Å². The Morgan fingerprint density at radius 3 is 2.81 bits per heavy atom. The third-order valence-electron chi connectivity index (χ3n) is 3.97. The van der Waals surface area contributed by atoms with Crippen LogP contribution >= 0.6 is 0 Å². The SMILES string of the molecule is Cc1ccc(C)c(OCC(=O)N2CCOCC2CO)c1C. The number of morpholine rings is 1. The Balaban J connectivity index is 2.02. The van der Waals surface area contributed by atoms with E-state index in [1.54, 1.807) is 4.90 Å². The van der Waals surface area contributed by atoms with Gasteiger partial charge in [0.05, 0.1) is 25.9 Å². The number of ether oxygens (including phenoxy) is 2. The van der Waals surface area contributed by atoms with Crippen molar-refractivity contribution in [1.82, 2.24) is 4.90 Å². The molecule has 1 aliphatic rings. The second-order valence-electron chi connectivity index (χ2n) is 5.44. The number of aryl methyl sites for hydroxylation is 2. The van der Waals surface area contributed by atoms with E-state index < -0.39 is 0 Å². The number of aliphatic hydroxyl groups excluding tert-OH is 1. The summed E-state index contributed by atoms with van der Waals surface area (Å²) in [5.41, 5.74) is 3.22. The van der Waals surface area contributed by atoms with Crippen molar-refractivity contribution in [2.75, 3.05) is 33.0 Å². The molecule has 1 unspecified atom stereocenters. The van der Waals surface area contributed by atoms with Gasteiger partial charge in [0.15, 0.2) is 6.61 Å². The normalized spacial score (nSPS) is 18.7. The summed E-state index contributed by atoms with van der Waals surface area (Å²) in [5, 5.41) is 9.31. The smallest absolute Gasteiger partial charge is 0.260 e. The van der Waals surface area contributed by atoms with E-state index in [4.69, 9.17) is 9.47 Å². The average Bonchev–Trinajstić information content (AvgIpc) is 2.50. The zero-order chi connectivity index (χ0) is 15.4. The first kappa shape index (κ1) is 15.8. The molecule has 1 amide bonds. The highest BCUT2D eigenvalue weighted by Gasteiger charge is 2.27. The van der Waals surface area contributed by atoms with Crippen molar-refractivity contribution in [3.8, 4) is 5.75 Å². The molecule has 1 heterocycles. The molecule has 0 aromatic heterocycles. The Kier molecular flexibility index (Phi) is 5.20. The maximum absolute atomic E-state index is 12.3. The van der Waals surface area contributed by atoms with Gasteiger partial charge in [-0.1, -0.05) is 12.1 Å². The Hall–Kier alpha value is -1.59. The molecule has 0 radical (unpaired) electrons. The number of carbonyl (C=O) groups is 1. The van der Waals surface area contributed by atoms with Crippen LogP contribution in [0.4, 0.5) is 0 Å². The molecule has 116 valence electrons. The molecule has 0 spiro atoms. The Morgan fingerprint density at radius 1 is 1.38 bits per heavy atom. The summed E-state index contributed by atoms with van der Waals surface area (Å²) in [6.45, 7) is 7.27. The first-order valence-corrected chi connectivity index (χ1v) is 7.22. The minimum absolute atomic E-state index is 0.0123. The fraction of sp³-hybridized carbons (Fsp3) is 0.562. The van der Waals surface area contributed by atoms with Gasteiger partial charge in [-0.25, -0.2) is 0 Å². The molecule has 5 nitrogen and oxygen atoms in total. The minimum atomic E-state index is -0.269.